The van der Waals surface area contributed by atoms with Gasteiger partial charge in [-0.05, 0) is 26.0 Å². The zero-order chi connectivity index (χ0) is 19.1. The molecule has 0 fully saturated rings. The van der Waals surface area contributed by atoms with Gasteiger partial charge < -0.3 is 5.32 Å². The van der Waals surface area contributed by atoms with Crippen molar-refractivity contribution in [3.05, 3.63) is 45.2 Å². The Hall–Kier alpha value is -2.72. The number of nitrogens with zero attached hydrogens (tertiary/aromatic N) is 5. The second-order valence-corrected chi connectivity index (χ2v) is 8.14. The number of hydrogen-bond donors (Lipinski definition) is 1. The Morgan fingerprint density at radius 2 is 2.04 bits per heavy atom. The van der Waals surface area contributed by atoms with Crippen molar-refractivity contribution in [2.75, 3.05) is 11.1 Å². The molecule has 0 saturated carbocycles. The molecule has 27 heavy (non-hydrogen) atoms. The second kappa shape index (κ2) is 6.78. The third-order valence-corrected chi connectivity index (χ3v) is 6.12. The van der Waals surface area contributed by atoms with Gasteiger partial charge in [0.05, 0.1) is 22.3 Å². The Kier molecular flexibility index (Phi) is 4.44. The van der Waals surface area contributed by atoms with Gasteiger partial charge in [-0.3, -0.25) is 18.6 Å². The lowest BCUT2D eigenvalue weighted by Gasteiger charge is -2.07. The van der Waals surface area contributed by atoms with E-state index in [2.05, 4.69) is 20.5 Å². The molecule has 0 aliphatic heterocycles. The lowest BCUT2D eigenvalue weighted by Crippen LogP contribution is -2.20. The molecule has 10 heteroatoms. The minimum absolute atomic E-state index is 0.130. The summed E-state index contributed by atoms with van der Waals surface area (Å²) in [5, 5.41) is 12.8. The Labute approximate surface area is 162 Å². The van der Waals surface area contributed by atoms with Gasteiger partial charge in [-0.1, -0.05) is 23.9 Å². The van der Waals surface area contributed by atoms with Gasteiger partial charge >= 0.3 is 0 Å². The first kappa shape index (κ1) is 17.7. The highest BCUT2D eigenvalue weighted by molar-refractivity contribution is 7.99. The van der Waals surface area contributed by atoms with Crippen LogP contribution in [-0.2, 0) is 11.8 Å². The first-order valence-corrected chi connectivity index (χ1v) is 9.95. The lowest BCUT2D eigenvalue weighted by atomic mass is 10.2. The molecule has 1 amide bonds. The standard InChI is InChI=1S/C17H16N6O2S2/c1-9-10(2)27-15(18-9)19-13(24)8-26-17-21-20-16-22(3)14(25)11-6-4-5-7-12(11)23(16)17/h4-7H,8H2,1-3H3,(H,18,19,24). The number of thiazole rings is 1. The van der Waals surface area contributed by atoms with Crippen molar-refractivity contribution < 1.29 is 4.79 Å². The summed E-state index contributed by atoms with van der Waals surface area (Å²) in [6.45, 7) is 3.88. The number of para-hydroxylation sites is 1. The number of amides is 1. The molecule has 3 heterocycles. The molecule has 3 aromatic heterocycles. The van der Waals surface area contributed by atoms with Gasteiger partial charge in [0.25, 0.3) is 5.56 Å². The highest BCUT2D eigenvalue weighted by Gasteiger charge is 2.16. The first-order chi connectivity index (χ1) is 13.0. The van der Waals surface area contributed by atoms with Gasteiger partial charge in [0.1, 0.15) is 0 Å². The van der Waals surface area contributed by atoms with Crippen LogP contribution in [0.1, 0.15) is 10.6 Å². The van der Waals surface area contributed by atoms with E-state index in [9.17, 15) is 9.59 Å². The fourth-order valence-electron chi connectivity index (χ4n) is 2.72. The minimum Gasteiger partial charge on any atom is -0.301 e. The predicted molar refractivity (Wildman–Crippen MR) is 107 cm³/mol. The molecule has 0 saturated heterocycles. The summed E-state index contributed by atoms with van der Waals surface area (Å²) in [5.74, 6) is 0.433. The molecule has 1 aromatic carbocycles. The Bertz CT molecular complexity index is 1220. The van der Waals surface area contributed by atoms with Gasteiger partial charge in [0, 0.05) is 11.9 Å². The number of hydrogen-bond acceptors (Lipinski definition) is 7. The van der Waals surface area contributed by atoms with Gasteiger partial charge in [0.2, 0.25) is 11.7 Å². The number of anilines is 1. The zero-order valence-corrected chi connectivity index (χ0v) is 16.5. The van der Waals surface area contributed by atoms with E-state index in [1.165, 1.54) is 27.7 Å². The molecule has 0 aliphatic rings. The predicted octanol–water partition coefficient (Wildman–Crippen LogP) is 2.39. The monoisotopic (exact) mass is 400 g/mol. The largest absolute Gasteiger partial charge is 0.301 e. The average Bonchev–Trinajstić information content (AvgIpc) is 3.21. The quantitative estimate of drug-likeness (QED) is 0.529. The third kappa shape index (κ3) is 3.10. The van der Waals surface area contributed by atoms with Crippen LogP contribution < -0.4 is 10.9 Å². The van der Waals surface area contributed by atoms with E-state index in [0.29, 0.717) is 21.5 Å². The number of carbonyl (C=O) groups excluding carboxylic acids is 1. The van der Waals surface area contributed by atoms with Crippen LogP contribution in [0.2, 0.25) is 0 Å². The molecule has 0 unspecified atom stereocenters. The number of aryl methyl sites for hydroxylation is 3. The van der Waals surface area contributed by atoms with Crippen molar-refractivity contribution >= 4 is 50.8 Å². The van der Waals surface area contributed by atoms with Crippen LogP contribution in [0.5, 0.6) is 0 Å². The molecule has 0 aliphatic carbocycles. The van der Waals surface area contributed by atoms with Crippen molar-refractivity contribution in [2.24, 2.45) is 7.05 Å². The maximum Gasteiger partial charge on any atom is 0.262 e. The molecule has 4 rings (SSSR count). The topological polar surface area (TPSA) is 94.2 Å². The van der Waals surface area contributed by atoms with Crippen LogP contribution in [0.3, 0.4) is 0 Å². The average molecular weight is 400 g/mol. The molecule has 1 N–H and O–H groups in total. The van der Waals surface area contributed by atoms with Gasteiger partial charge in [0.15, 0.2) is 10.3 Å². The Morgan fingerprint density at radius 3 is 2.78 bits per heavy atom. The summed E-state index contributed by atoms with van der Waals surface area (Å²) in [4.78, 5) is 30.1. The molecule has 4 aromatic rings. The number of carbonyl (C=O) groups is 1. The summed E-state index contributed by atoms with van der Waals surface area (Å²) in [5.41, 5.74) is 1.50. The Morgan fingerprint density at radius 1 is 1.26 bits per heavy atom. The van der Waals surface area contributed by atoms with Crippen LogP contribution in [0.25, 0.3) is 16.7 Å². The van der Waals surface area contributed by atoms with E-state index in [4.69, 9.17) is 0 Å². The smallest absolute Gasteiger partial charge is 0.262 e. The Balaban J connectivity index is 1.63. The first-order valence-electron chi connectivity index (χ1n) is 8.15. The van der Waals surface area contributed by atoms with E-state index < -0.39 is 0 Å². The van der Waals surface area contributed by atoms with Crippen LogP contribution in [-0.4, -0.2) is 35.8 Å². The second-order valence-electron chi connectivity index (χ2n) is 6.00. The number of rotatable bonds is 4. The molecular formula is C17H16N6O2S2. The lowest BCUT2D eigenvalue weighted by molar-refractivity contribution is -0.113. The van der Waals surface area contributed by atoms with Gasteiger partial charge in [-0.15, -0.1) is 21.5 Å². The van der Waals surface area contributed by atoms with Crippen molar-refractivity contribution in [3.63, 3.8) is 0 Å². The zero-order valence-electron chi connectivity index (χ0n) is 14.9. The normalized spacial score (nSPS) is 11.4. The molecule has 0 spiro atoms. The number of thioether (sulfide) groups is 1. The van der Waals surface area contributed by atoms with E-state index in [0.717, 1.165) is 16.1 Å². The molecule has 0 bridgehead atoms. The van der Waals surface area contributed by atoms with Crippen LogP contribution >= 0.6 is 23.1 Å². The number of nitrogens with one attached hydrogen (secondary N) is 1. The van der Waals surface area contributed by atoms with Crippen LogP contribution in [0.4, 0.5) is 5.13 Å². The van der Waals surface area contributed by atoms with Crippen LogP contribution in [0, 0.1) is 13.8 Å². The number of fused-ring (bicyclic) bond motifs is 3. The third-order valence-electron chi connectivity index (χ3n) is 4.20. The highest BCUT2D eigenvalue weighted by Crippen LogP contribution is 2.23. The summed E-state index contributed by atoms with van der Waals surface area (Å²) in [7, 11) is 1.66. The van der Waals surface area contributed by atoms with E-state index in [1.54, 1.807) is 17.5 Å². The fourth-order valence-corrected chi connectivity index (χ4v) is 4.29. The summed E-state index contributed by atoms with van der Waals surface area (Å²) in [6.07, 6.45) is 0. The van der Waals surface area contributed by atoms with Crippen molar-refractivity contribution in [3.8, 4) is 0 Å². The maximum absolute atomic E-state index is 12.5. The SMILES string of the molecule is Cc1nc(NC(=O)CSc2nnc3n(C)c(=O)c4ccccc4n23)sc1C. The van der Waals surface area contributed by atoms with Crippen molar-refractivity contribution in [2.45, 2.75) is 19.0 Å². The fraction of sp³-hybridized carbons (Fsp3) is 0.235. The molecule has 0 atom stereocenters. The molecule has 138 valence electrons. The minimum atomic E-state index is -0.167. The summed E-state index contributed by atoms with van der Waals surface area (Å²) < 4.78 is 3.26. The van der Waals surface area contributed by atoms with E-state index in [-0.39, 0.29) is 17.2 Å². The molecule has 8 nitrogen and oxygen atoms in total. The summed E-state index contributed by atoms with van der Waals surface area (Å²) in [6, 6.07) is 7.29. The number of aromatic nitrogens is 5. The van der Waals surface area contributed by atoms with Gasteiger partial charge in [-0.2, -0.15) is 0 Å². The van der Waals surface area contributed by atoms with Crippen molar-refractivity contribution in [1.29, 1.82) is 0 Å². The van der Waals surface area contributed by atoms with Crippen molar-refractivity contribution in [1.82, 2.24) is 24.1 Å². The van der Waals surface area contributed by atoms with E-state index in [1.807, 2.05) is 32.0 Å². The van der Waals surface area contributed by atoms with E-state index >= 15 is 0 Å². The van der Waals surface area contributed by atoms with Crippen LogP contribution in [0.15, 0.2) is 34.2 Å². The maximum atomic E-state index is 12.5. The van der Waals surface area contributed by atoms with Gasteiger partial charge in [-0.25, -0.2) is 4.98 Å². The highest BCUT2D eigenvalue weighted by atomic mass is 32.2. The molecular weight excluding hydrogens is 384 g/mol. The molecule has 0 radical (unpaired) electrons. The summed E-state index contributed by atoms with van der Waals surface area (Å²) >= 11 is 2.71. The number of benzene rings is 1.